The molecule has 0 atom stereocenters. The monoisotopic (exact) mass is 232 g/mol. The molecule has 1 aliphatic carbocycles. The van der Waals surface area contributed by atoms with Crippen LogP contribution in [0.4, 0.5) is 0 Å². The maximum atomic E-state index is 4.51. The van der Waals surface area contributed by atoms with Gasteiger partial charge >= 0.3 is 0 Å². The summed E-state index contributed by atoms with van der Waals surface area (Å²) in [4.78, 5) is 13.8. The van der Waals surface area contributed by atoms with Crippen molar-refractivity contribution < 1.29 is 0 Å². The lowest BCUT2D eigenvalue weighted by Crippen LogP contribution is -2.16. The first-order chi connectivity index (χ1) is 7.92. The molecule has 2 heterocycles. The van der Waals surface area contributed by atoms with Crippen molar-refractivity contribution in [3.8, 4) is 10.7 Å². The minimum atomic E-state index is 0.710. The third-order valence-corrected chi connectivity index (χ3v) is 3.28. The first-order valence-electron chi connectivity index (χ1n) is 5.36. The molecule has 0 aromatic carbocycles. The lowest BCUT2D eigenvalue weighted by Gasteiger charge is -2.03. The lowest BCUT2D eigenvalue weighted by atomic mass is 10.3. The molecule has 5 heteroatoms. The molecule has 0 amide bonds. The van der Waals surface area contributed by atoms with Crippen LogP contribution < -0.4 is 5.32 Å². The molecule has 82 valence electrons. The summed E-state index contributed by atoms with van der Waals surface area (Å²) in [5.41, 5.74) is 2.85. The van der Waals surface area contributed by atoms with Gasteiger partial charge in [0, 0.05) is 25.0 Å². The Bertz CT molecular complexity index is 465. The lowest BCUT2D eigenvalue weighted by molar-refractivity contribution is 0.673. The number of thiazole rings is 1. The molecule has 0 bridgehead atoms. The molecule has 0 saturated heterocycles. The number of hydrogen-bond acceptors (Lipinski definition) is 5. The number of aromatic nitrogens is 3. The molecule has 0 aliphatic heterocycles. The predicted molar refractivity (Wildman–Crippen MR) is 63.0 cm³/mol. The molecule has 0 unspecified atom stereocenters. The molecule has 2 aromatic rings. The van der Waals surface area contributed by atoms with Crippen molar-refractivity contribution >= 4 is 11.3 Å². The Labute approximate surface area is 97.8 Å². The summed E-state index contributed by atoms with van der Waals surface area (Å²) in [6, 6.07) is 2.67. The average Bonchev–Trinajstić information content (AvgIpc) is 2.99. The highest BCUT2D eigenvalue weighted by molar-refractivity contribution is 7.13. The average molecular weight is 232 g/mol. The van der Waals surface area contributed by atoms with E-state index in [2.05, 4.69) is 20.3 Å². The first kappa shape index (κ1) is 9.86. The zero-order valence-corrected chi connectivity index (χ0v) is 9.57. The number of nitrogens with one attached hydrogen (secondary N) is 1. The molecule has 4 nitrogen and oxygen atoms in total. The molecular weight excluding hydrogens is 220 g/mol. The van der Waals surface area contributed by atoms with Gasteiger partial charge in [-0.3, -0.25) is 4.98 Å². The van der Waals surface area contributed by atoms with Crippen molar-refractivity contribution in [2.45, 2.75) is 25.4 Å². The van der Waals surface area contributed by atoms with Gasteiger partial charge in [0.05, 0.1) is 16.1 Å². The molecule has 1 fully saturated rings. The minimum absolute atomic E-state index is 0.710. The fourth-order valence-electron chi connectivity index (χ4n) is 1.48. The number of rotatable bonds is 4. The molecule has 0 radical (unpaired) electrons. The van der Waals surface area contributed by atoms with Gasteiger partial charge in [-0.1, -0.05) is 0 Å². The Morgan fingerprint density at radius 2 is 2.38 bits per heavy atom. The van der Waals surface area contributed by atoms with Gasteiger partial charge in [-0.15, -0.1) is 11.3 Å². The van der Waals surface area contributed by atoms with Crippen molar-refractivity contribution in [3.05, 3.63) is 29.7 Å². The fourth-order valence-corrected chi connectivity index (χ4v) is 2.04. The van der Waals surface area contributed by atoms with Crippen LogP contribution in [0.2, 0.25) is 0 Å². The summed E-state index contributed by atoms with van der Waals surface area (Å²) in [6.45, 7) is 0.832. The van der Waals surface area contributed by atoms with E-state index < -0.39 is 0 Å². The summed E-state index contributed by atoms with van der Waals surface area (Å²) in [5, 5.41) is 3.44. The van der Waals surface area contributed by atoms with Gasteiger partial charge in [0.15, 0.2) is 5.82 Å². The van der Waals surface area contributed by atoms with Crippen LogP contribution in [-0.4, -0.2) is 21.0 Å². The van der Waals surface area contributed by atoms with E-state index in [1.807, 2.05) is 12.3 Å². The first-order valence-corrected chi connectivity index (χ1v) is 6.24. The van der Waals surface area contributed by atoms with Crippen molar-refractivity contribution in [2.75, 3.05) is 0 Å². The van der Waals surface area contributed by atoms with Gasteiger partial charge < -0.3 is 5.32 Å². The van der Waals surface area contributed by atoms with Crippen LogP contribution in [0.15, 0.2) is 24.0 Å². The van der Waals surface area contributed by atoms with Crippen LogP contribution in [0, 0.1) is 0 Å². The van der Waals surface area contributed by atoms with Gasteiger partial charge in [0.2, 0.25) is 0 Å². The standard InChI is InChI=1S/C11H12N4S/c1-2-8(1)14-5-9-3-4-13-11(15-9)10-6-12-7-16-10/h3-4,6-8,14H,1-2,5H2. The third kappa shape index (κ3) is 2.25. The Kier molecular flexibility index (Phi) is 2.63. The van der Waals surface area contributed by atoms with E-state index in [0.29, 0.717) is 6.04 Å². The highest BCUT2D eigenvalue weighted by Crippen LogP contribution is 2.20. The zero-order chi connectivity index (χ0) is 10.8. The molecule has 1 N–H and O–H groups in total. The molecule has 2 aromatic heterocycles. The summed E-state index contributed by atoms with van der Waals surface area (Å²) in [5.74, 6) is 0.776. The maximum absolute atomic E-state index is 4.51. The fraction of sp³-hybridized carbons (Fsp3) is 0.364. The number of nitrogens with zero attached hydrogens (tertiary/aromatic N) is 3. The SMILES string of the molecule is c1cc(CNC2CC2)nc(-c2cncs2)n1. The Balaban J connectivity index is 1.76. The van der Waals surface area contributed by atoms with Crippen molar-refractivity contribution in [3.63, 3.8) is 0 Å². The summed E-state index contributed by atoms with van der Waals surface area (Å²) < 4.78 is 0. The van der Waals surface area contributed by atoms with Crippen molar-refractivity contribution in [2.24, 2.45) is 0 Å². The molecule has 0 spiro atoms. The van der Waals surface area contributed by atoms with Crippen LogP contribution in [0.1, 0.15) is 18.5 Å². The minimum Gasteiger partial charge on any atom is -0.308 e. The second-order valence-corrected chi connectivity index (χ2v) is 4.78. The van der Waals surface area contributed by atoms with Crippen molar-refractivity contribution in [1.82, 2.24) is 20.3 Å². The maximum Gasteiger partial charge on any atom is 0.171 e. The number of hydrogen-bond donors (Lipinski definition) is 1. The second-order valence-electron chi connectivity index (χ2n) is 3.89. The van der Waals surface area contributed by atoms with Crippen LogP contribution >= 0.6 is 11.3 Å². The van der Waals surface area contributed by atoms with Gasteiger partial charge in [-0.2, -0.15) is 0 Å². The quantitative estimate of drug-likeness (QED) is 0.874. The Morgan fingerprint density at radius 3 is 3.12 bits per heavy atom. The normalized spacial score (nSPS) is 15.2. The highest BCUT2D eigenvalue weighted by Gasteiger charge is 2.20. The zero-order valence-electron chi connectivity index (χ0n) is 8.76. The van der Waals surface area contributed by atoms with Crippen LogP contribution in [-0.2, 0) is 6.54 Å². The van der Waals surface area contributed by atoms with Gasteiger partial charge in [0.25, 0.3) is 0 Å². The molecule has 16 heavy (non-hydrogen) atoms. The highest BCUT2D eigenvalue weighted by atomic mass is 32.1. The van der Waals surface area contributed by atoms with Gasteiger partial charge in [0.1, 0.15) is 0 Å². The Hall–Kier alpha value is -1.33. The second kappa shape index (κ2) is 4.27. The van der Waals surface area contributed by atoms with E-state index >= 15 is 0 Å². The van der Waals surface area contributed by atoms with E-state index in [0.717, 1.165) is 22.9 Å². The van der Waals surface area contributed by atoms with E-state index in [-0.39, 0.29) is 0 Å². The molecule has 3 rings (SSSR count). The largest absolute Gasteiger partial charge is 0.308 e. The summed E-state index contributed by atoms with van der Waals surface area (Å²) in [6.07, 6.45) is 6.21. The molecule has 1 aliphatic rings. The Morgan fingerprint density at radius 1 is 1.44 bits per heavy atom. The van der Waals surface area contributed by atoms with Crippen LogP contribution in [0.5, 0.6) is 0 Å². The van der Waals surface area contributed by atoms with Crippen LogP contribution in [0.25, 0.3) is 10.7 Å². The smallest absolute Gasteiger partial charge is 0.171 e. The van der Waals surface area contributed by atoms with Gasteiger partial charge in [-0.25, -0.2) is 9.97 Å². The predicted octanol–water partition coefficient (Wildman–Crippen LogP) is 1.85. The third-order valence-electron chi connectivity index (χ3n) is 2.52. The summed E-state index contributed by atoms with van der Waals surface area (Å²) >= 11 is 1.56. The van der Waals surface area contributed by atoms with E-state index in [4.69, 9.17) is 0 Å². The molecule has 1 saturated carbocycles. The van der Waals surface area contributed by atoms with Crippen molar-refractivity contribution in [1.29, 1.82) is 0 Å². The van der Waals surface area contributed by atoms with Crippen LogP contribution in [0.3, 0.4) is 0 Å². The van der Waals surface area contributed by atoms with E-state index in [9.17, 15) is 0 Å². The topological polar surface area (TPSA) is 50.7 Å². The summed E-state index contributed by atoms with van der Waals surface area (Å²) in [7, 11) is 0. The molecular formula is C11H12N4S. The van der Waals surface area contributed by atoms with E-state index in [1.165, 1.54) is 12.8 Å². The van der Waals surface area contributed by atoms with Gasteiger partial charge in [-0.05, 0) is 18.9 Å². The van der Waals surface area contributed by atoms with E-state index in [1.54, 1.807) is 23.0 Å².